The molecular weight excluding hydrogens is 442 g/mol. The molecule has 9 rings (SSSR count). The van der Waals surface area contributed by atoms with E-state index >= 15 is 0 Å². The molecule has 0 spiro atoms. The molecule has 3 saturated heterocycles. The molecule has 6 heteroatoms. The molecule has 7 aliphatic rings. The zero-order chi connectivity index (χ0) is 21.8. The Bertz CT molecular complexity index is 1150. The fraction of sp³-hybridized carbons (Fsp3) is 0.462. The van der Waals surface area contributed by atoms with Crippen LogP contribution in [0.5, 0.6) is 5.75 Å². The Balaban J connectivity index is 1.24. The van der Waals surface area contributed by atoms with Crippen LogP contribution in [0.25, 0.3) is 11.1 Å². The highest BCUT2D eigenvalue weighted by Crippen LogP contribution is 2.62. The van der Waals surface area contributed by atoms with Crippen molar-refractivity contribution in [3.63, 3.8) is 0 Å². The number of nitrogens with zero attached hydrogens (tertiary/aromatic N) is 1. The van der Waals surface area contributed by atoms with Crippen molar-refractivity contribution in [1.82, 2.24) is 4.90 Å². The Morgan fingerprint density at radius 3 is 2.22 bits per heavy atom. The molecule has 164 valence electrons. The van der Waals surface area contributed by atoms with Crippen molar-refractivity contribution in [2.24, 2.45) is 17.8 Å². The summed E-state index contributed by atoms with van der Waals surface area (Å²) < 4.78 is 0. The van der Waals surface area contributed by atoms with Crippen LogP contribution in [0.1, 0.15) is 55.7 Å². The van der Waals surface area contributed by atoms with Crippen molar-refractivity contribution in [2.75, 3.05) is 0 Å². The number of imide groups is 1. The second-order valence-corrected chi connectivity index (χ2v) is 12.1. The van der Waals surface area contributed by atoms with Gasteiger partial charge in [-0.1, -0.05) is 29.8 Å². The van der Waals surface area contributed by atoms with Gasteiger partial charge in [-0.2, -0.15) is 0 Å². The predicted octanol–water partition coefficient (Wildman–Crippen LogP) is 6.30. The number of carbonyl (C=O) groups excluding carboxylic acids is 2. The first-order chi connectivity index (χ1) is 15.4. The van der Waals surface area contributed by atoms with E-state index in [0.717, 1.165) is 51.8 Å². The molecule has 2 aromatic rings. The topological polar surface area (TPSA) is 57.6 Å². The van der Waals surface area contributed by atoms with Crippen LogP contribution in [0.4, 0.5) is 4.79 Å². The lowest BCUT2D eigenvalue weighted by atomic mass is 9.48. The predicted molar refractivity (Wildman–Crippen MR) is 125 cm³/mol. The molecule has 0 aromatic heterocycles. The monoisotopic (exact) mass is 465 g/mol. The highest BCUT2D eigenvalue weighted by atomic mass is 35.5. The minimum absolute atomic E-state index is 0.0936. The van der Waals surface area contributed by atoms with E-state index in [1.807, 2.05) is 30.3 Å². The number of benzene rings is 2. The Hall–Kier alpha value is -1.98. The van der Waals surface area contributed by atoms with Crippen molar-refractivity contribution in [3.05, 3.63) is 52.5 Å². The van der Waals surface area contributed by atoms with E-state index in [-0.39, 0.29) is 27.9 Å². The molecule has 7 fully saturated rings. The average molecular weight is 466 g/mol. The van der Waals surface area contributed by atoms with Crippen LogP contribution in [0.2, 0.25) is 5.02 Å². The van der Waals surface area contributed by atoms with Gasteiger partial charge in [-0.15, -0.1) is 0 Å². The van der Waals surface area contributed by atoms with E-state index in [4.69, 9.17) is 11.6 Å². The van der Waals surface area contributed by atoms with Crippen LogP contribution >= 0.6 is 23.4 Å². The Morgan fingerprint density at radius 1 is 0.969 bits per heavy atom. The number of phenols is 1. The maximum Gasteiger partial charge on any atom is 0.289 e. The molecule has 4 nitrogen and oxygen atoms in total. The van der Waals surface area contributed by atoms with E-state index in [1.165, 1.54) is 43.4 Å². The minimum Gasteiger partial charge on any atom is -0.508 e. The first-order valence-electron chi connectivity index (χ1n) is 11.6. The van der Waals surface area contributed by atoms with E-state index in [2.05, 4.69) is 6.07 Å². The number of hydrogen-bond donors (Lipinski definition) is 1. The van der Waals surface area contributed by atoms with Gasteiger partial charge in [0, 0.05) is 16.1 Å². The Labute approximate surface area is 196 Å². The minimum atomic E-state index is -0.305. The van der Waals surface area contributed by atoms with Gasteiger partial charge in [0.15, 0.2) is 0 Å². The van der Waals surface area contributed by atoms with Crippen LogP contribution in [0.3, 0.4) is 0 Å². The SMILES string of the molecule is O=C1SC2C(=O)N1C2c1ccc(-c2ccc(O)c(C34CC5CC(CC(C5)C3)C4)c2)c(Cl)c1. The molecule has 2 atom stereocenters. The fourth-order valence-electron chi connectivity index (χ4n) is 7.79. The molecule has 32 heavy (non-hydrogen) atoms. The number of phenolic OH excluding ortho intramolecular Hbond substituents is 1. The standard InChI is InChI=1S/C26H24ClNO3S/c27-20-9-17(22-23-24(30)28(22)25(31)32-23)1-3-18(20)16-2-4-21(29)19(8-16)26-10-13-5-14(11-26)7-15(6-13)12-26/h1-4,8-9,13-15,22-23,29H,5-7,10-12H2. The number of carbonyl (C=O) groups is 2. The Kier molecular flexibility index (Phi) is 3.98. The Morgan fingerprint density at radius 2 is 1.66 bits per heavy atom. The van der Waals surface area contributed by atoms with Gasteiger partial charge in [-0.25, -0.2) is 0 Å². The van der Waals surface area contributed by atoms with Gasteiger partial charge in [0.25, 0.3) is 5.24 Å². The van der Waals surface area contributed by atoms with E-state index in [0.29, 0.717) is 10.8 Å². The average Bonchev–Trinajstić information content (AvgIpc) is 3.25. The van der Waals surface area contributed by atoms with Crippen molar-refractivity contribution < 1.29 is 14.7 Å². The number of amides is 2. The summed E-state index contributed by atoms with van der Waals surface area (Å²) in [5, 5.41) is 11.0. The molecule has 2 amide bonds. The largest absolute Gasteiger partial charge is 0.508 e. The quantitative estimate of drug-likeness (QED) is 0.540. The van der Waals surface area contributed by atoms with Crippen LogP contribution in [0.15, 0.2) is 36.4 Å². The summed E-state index contributed by atoms with van der Waals surface area (Å²) in [6.07, 6.45) is 7.70. The second-order valence-electron chi connectivity index (χ2n) is 10.6. The summed E-state index contributed by atoms with van der Waals surface area (Å²) in [6.45, 7) is 0. The maximum atomic E-state index is 12.0. The summed E-state index contributed by atoms with van der Waals surface area (Å²) in [5.74, 6) is 2.75. The number of thioether (sulfide) groups is 1. The zero-order valence-electron chi connectivity index (χ0n) is 17.6. The first kappa shape index (κ1) is 19.5. The smallest absolute Gasteiger partial charge is 0.289 e. The van der Waals surface area contributed by atoms with Gasteiger partial charge in [0.1, 0.15) is 11.0 Å². The van der Waals surface area contributed by atoms with Gasteiger partial charge in [0.05, 0.1) is 6.04 Å². The zero-order valence-corrected chi connectivity index (χ0v) is 19.2. The molecule has 4 aliphatic carbocycles. The molecule has 0 radical (unpaired) electrons. The van der Waals surface area contributed by atoms with Crippen molar-refractivity contribution in [3.8, 4) is 16.9 Å². The molecular formula is C26H24ClNO3S. The second kappa shape index (κ2) is 6.54. The number of rotatable bonds is 3. The lowest BCUT2D eigenvalue weighted by Gasteiger charge is -2.57. The molecule has 3 aliphatic heterocycles. The molecule has 2 aromatic carbocycles. The summed E-state index contributed by atoms with van der Waals surface area (Å²) in [4.78, 5) is 25.2. The molecule has 4 saturated carbocycles. The van der Waals surface area contributed by atoms with Gasteiger partial charge < -0.3 is 5.11 Å². The van der Waals surface area contributed by atoms with Crippen molar-refractivity contribution >= 4 is 34.5 Å². The highest BCUT2D eigenvalue weighted by Gasteiger charge is 2.60. The lowest BCUT2D eigenvalue weighted by molar-refractivity contribution is -0.137. The molecule has 2 unspecified atom stereocenters. The number of hydrogen-bond acceptors (Lipinski definition) is 4. The first-order valence-corrected chi connectivity index (χ1v) is 12.8. The number of fused-ring (bicyclic) bond motifs is 1. The normalized spacial score (nSPS) is 36.7. The van der Waals surface area contributed by atoms with Gasteiger partial charge >= 0.3 is 0 Å². The molecule has 1 N–H and O–H groups in total. The van der Waals surface area contributed by atoms with Gasteiger partial charge in [0.2, 0.25) is 5.91 Å². The number of β-lactam (4-membered cyclic amide) rings is 1. The summed E-state index contributed by atoms with van der Waals surface area (Å²) >= 11 is 7.84. The van der Waals surface area contributed by atoms with E-state index < -0.39 is 0 Å². The third kappa shape index (κ3) is 2.58. The van der Waals surface area contributed by atoms with Crippen molar-refractivity contribution in [2.45, 2.75) is 55.2 Å². The van der Waals surface area contributed by atoms with Crippen LogP contribution in [-0.4, -0.2) is 26.4 Å². The molecule has 3 heterocycles. The van der Waals surface area contributed by atoms with Gasteiger partial charge in [-0.05, 0) is 103 Å². The van der Waals surface area contributed by atoms with E-state index in [9.17, 15) is 14.7 Å². The van der Waals surface area contributed by atoms with Crippen LogP contribution in [0, 0.1) is 17.8 Å². The van der Waals surface area contributed by atoms with E-state index in [1.54, 1.807) is 0 Å². The van der Waals surface area contributed by atoms with Crippen molar-refractivity contribution in [1.29, 1.82) is 0 Å². The number of aromatic hydroxyl groups is 1. The summed E-state index contributed by atoms with van der Waals surface area (Å²) in [7, 11) is 0. The lowest BCUT2D eigenvalue weighted by Crippen LogP contribution is -2.50. The highest BCUT2D eigenvalue weighted by molar-refractivity contribution is 8.15. The summed E-state index contributed by atoms with van der Waals surface area (Å²) in [5.41, 5.74) is 4.06. The van der Waals surface area contributed by atoms with Gasteiger partial charge in [-0.3, -0.25) is 14.5 Å². The molecule has 6 bridgehead atoms. The number of halogens is 1. The van der Waals surface area contributed by atoms with Crippen LogP contribution < -0.4 is 0 Å². The third-order valence-electron chi connectivity index (χ3n) is 8.72. The summed E-state index contributed by atoms with van der Waals surface area (Å²) in [6, 6.07) is 11.6. The van der Waals surface area contributed by atoms with Crippen LogP contribution in [-0.2, 0) is 10.2 Å². The maximum absolute atomic E-state index is 12.0. The third-order valence-corrected chi connectivity index (χ3v) is 10.1. The fourth-order valence-corrected chi connectivity index (χ4v) is 9.24.